The molecule has 1 atom stereocenters. The largest absolute Gasteiger partial charge is 0.497 e. The van der Waals surface area contributed by atoms with Crippen molar-refractivity contribution in [3.05, 3.63) is 90.0 Å². The molecule has 0 aliphatic carbocycles. The second kappa shape index (κ2) is 9.39. The van der Waals surface area contributed by atoms with Gasteiger partial charge in [0.05, 0.1) is 19.1 Å². The van der Waals surface area contributed by atoms with E-state index in [1.807, 2.05) is 66.7 Å². The zero-order valence-electron chi connectivity index (χ0n) is 16.9. The van der Waals surface area contributed by atoms with Crippen molar-refractivity contribution in [1.82, 2.24) is 5.32 Å². The minimum Gasteiger partial charge on any atom is -0.497 e. The number of rotatable bonds is 8. The van der Waals surface area contributed by atoms with E-state index in [9.17, 15) is 9.90 Å². The lowest BCUT2D eigenvalue weighted by molar-refractivity contribution is -0.121. The molecule has 3 rings (SSSR count). The molecule has 0 radical (unpaired) electrons. The summed E-state index contributed by atoms with van der Waals surface area (Å²) in [5.74, 6) is 0.674. The molecule has 0 bridgehead atoms. The van der Waals surface area contributed by atoms with Gasteiger partial charge in [0.15, 0.2) is 0 Å². The van der Waals surface area contributed by atoms with Gasteiger partial charge >= 0.3 is 0 Å². The zero-order valence-corrected chi connectivity index (χ0v) is 16.9. The molecular weight excluding hydrogens is 362 g/mol. The molecule has 1 amide bonds. The summed E-state index contributed by atoms with van der Waals surface area (Å²) < 4.78 is 5.15. The van der Waals surface area contributed by atoms with Crippen LogP contribution >= 0.6 is 0 Å². The Morgan fingerprint density at radius 2 is 1.48 bits per heavy atom. The van der Waals surface area contributed by atoms with Crippen molar-refractivity contribution in [2.24, 2.45) is 0 Å². The van der Waals surface area contributed by atoms with Gasteiger partial charge in [-0.3, -0.25) is 4.79 Å². The van der Waals surface area contributed by atoms with Crippen molar-refractivity contribution in [1.29, 1.82) is 0 Å². The topological polar surface area (TPSA) is 58.6 Å². The summed E-state index contributed by atoms with van der Waals surface area (Å²) in [6.07, 6.45) is 0.733. The third-order valence-electron chi connectivity index (χ3n) is 4.84. The molecule has 4 nitrogen and oxygen atoms in total. The van der Waals surface area contributed by atoms with Crippen LogP contribution in [-0.4, -0.2) is 30.3 Å². The first kappa shape index (κ1) is 20.6. The molecule has 2 N–H and O–H groups in total. The molecule has 0 spiro atoms. The number of aliphatic hydroxyl groups is 1. The Morgan fingerprint density at radius 3 is 2.10 bits per heavy atom. The molecule has 29 heavy (non-hydrogen) atoms. The second-order valence-electron chi connectivity index (χ2n) is 7.54. The fourth-order valence-electron chi connectivity index (χ4n) is 3.23. The predicted molar refractivity (Wildman–Crippen MR) is 116 cm³/mol. The van der Waals surface area contributed by atoms with Gasteiger partial charge in [-0.15, -0.1) is 0 Å². The van der Waals surface area contributed by atoms with E-state index in [1.165, 1.54) is 0 Å². The van der Waals surface area contributed by atoms with Crippen LogP contribution < -0.4 is 10.1 Å². The van der Waals surface area contributed by atoms with Crippen molar-refractivity contribution in [2.45, 2.75) is 25.4 Å². The lowest BCUT2D eigenvalue weighted by Crippen LogP contribution is -2.42. The average molecular weight is 389 g/mol. The maximum Gasteiger partial charge on any atom is 0.224 e. The Bertz CT molecular complexity index is 917. The van der Waals surface area contributed by atoms with E-state index in [4.69, 9.17) is 4.74 Å². The molecular formula is C25H27NO3. The van der Waals surface area contributed by atoms with E-state index in [-0.39, 0.29) is 18.9 Å². The maximum absolute atomic E-state index is 12.3. The lowest BCUT2D eigenvalue weighted by atomic mass is 9.96. The number of nitrogens with one attached hydrogen (secondary N) is 1. The van der Waals surface area contributed by atoms with Gasteiger partial charge in [-0.2, -0.15) is 0 Å². The van der Waals surface area contributed by atoms with Crippen molar-refractivity contribution in [3.63, 3.8) is 0 Å². The summed E-state index contributed by atoms with van der Waals surface area (Å²) in [6.45, 7) is 1.92. The van der Waals surface area contributed by atoms with E-state index >= 15 is 0 Å². The molecule has 3 aromatic carbocycles. The van der Waals surface area contributed by atoms with Crippen LogP contribution in [0.3, 0.4) is 0 Å². The first-order valence-corrected chi connectivity index (χ1v) is 9.71. The molecule has 0 aliphatic rings. The van der Waals surface area contributed by atoms with Crippen LogP contribution in [-0.2, 0) is 17.6 Å². The smallest absolute Gasteiger partial charge is 0.224 e. The third kappa shape index (κ3) is 6.19. The average Bonchev–Trinajstić information content (AvgIpc) is 2.74. The third-order valence-corrected chi connectivity index (χ3v) is 4.84. The second-order valence-corrected chi connectivity index (χ2v) is 7.54. The van der Waals surface area contributed by atoms with E-state index in [0.717, 1.165) is 28.0 Å². The minimum atomic E-state index is -1.03. The fourth-order valence-corrected chi connectivity index (χ4v) is 3.23. The Labute approximate surface area is 172 Å². The van der Waals surface area contributed by atoms with E-state index in [0.29, 0.717) is 6.42 Å². The van der Waals surface area contributed by atoms with Crippen molar-refractivity contribution in [3.8, 4) is 16.9 Å². The molecule has 4 heteroatoms. The van der Waals surface area contributed by atoms with Gasteiger partial charge in [0, 0.05) is 13.0 Å². The standard InChI is InChI=1S/C25H27NO3/c1-25(28,17-20-10-14-23(29-2)15-11-20)18-26-24(27)16-19-8-12-22(13-9-19)21-6-4-3-5-7-21/h3-15,28H,16-18H2,1-2H3,(H,26,27). The van der Waals surface area contributed by atoms with Gasteiger partial charge in [0.25, 0.3) is 0 Å². The SMILES string of the molecule is COc1ccc(CC(C)(O)CNC(=O)Cc2ccc(-c3ccccc3)cc2)cc1. The zero-order chi connectivity index (χ0) is 20.7. The first-order chi connectivity index (χ1) is 13.9. The van der Waals surface area contributed by atoms with Crippen LogP contribution in [0, 0.1) is 0 Å². The summed E-state index contributed by atoms with van der Waals surface area (Å²) in [6, 6.07) is 25.7. The Morgan fingerprint density at radius 1 is 0.897 bits per heavy atom. The Hall–Kier alpha value is -3.11. The number of amides is 1. The molecule has 0 aromatic heterocycles. The fraction of sp³-hybridized carbons (Fsp3) is 0.240. The molecule has 0 aliphatic heterocycles. The molecule has 0 heterocycles. The van der Waals surface area contributed by atoms with Crippen LogP contribution in [0.15, 0.2) is 78.9 Å². The number of carbonyl (C=O) groups is 1. The predicted octanol–water partition coefficient (Wildman–Crippen LogP) is 4.01. The molecule has 150 valence electrons. The number of benzene rings is 3. The quantitative estimate of drug-likeness (QED) is 0.612. The monoisotopic (exact) mass is 389 g/mol. The summed E-state index contributed by atoms with van der Waals surface area (Å²) in [5.41, 5.74) is 3.18. The highest BCUT2D eigenvalue weighted by molar-refractivity contribution is 5.79. The summed E-state index contributed by atoms with van der Waals surface area (Å²) in [5, 5.41) is 13.5. The van der Waals surface area contributed by atoms with Gasteiger partial charge in [-0.05, 0) is 41.3 Å². The minimum absolute atomic E-state index is 0.104. The van der Waals surface area contributed by atoms with E-state index in [1.54, 1.807) is 14.0 Å². The van der Waals surface area contributed by atoms with Gasteiger partial charge in [-0.1, -0.05) is 66.7 Å². The molecule has 0 fully saturated rings. The number of methoxy groups -OCH3 is 1. The lowest BCUT2D eigenvalue weighted by Gasteiger charge is -2.24. The summed E-state index contributed by atoms with van der Waals surface area (Å²) in [4.78, 5) is 12.3. The first-order valence-electron chi connectivity index (χ1n) is 9.71. The highest BCUT2D eigenvalue weighted by atomic mass is 16.5. The Kier molecular flexibility index (Phi) is 6.68. The van der Waals surface area contributed by atoms with Gasteiger partial charge in [0.1, 0.15) is 5.75 Å². The van der Waals surface area contributed by atoms with Crippen LogP contribution in [0.5, 0.6) is 5.75 Å². The number of hydrogen-bond acceptors (Lipinski definition) is 3. The normalized spacial score (nSPS) is 12.8. The van der Waals surface area contributed by atoms with Crippen LogP contribution in [0.4, 0.5) is 0 Å². The van der Waals surface area contributed by atoms with E-state index in [2.05, 4.69) is 17.4 Å². The number of ether oxygens (including phenoxy) is 1. The van der Waals surface area contributed by atoms with Gasteiger partial charge < -0.3 is 15.2 Å². The number of hydrogen-bond donors (Lipinski definition) is 2. The Balaban J connectivity index is 1.50. The molecule has 1 unspecified atom stereocenters. The maximum atomic E-state index is 12.3. The van der Waals surface area contributed by atoms with Crippen molar-refractivity contribution >= 4 is 5.91 Å². The van der Waals surface area contributed by atoms with Crippen LogP contribution in [0.25, 0.3) is 11.1 Å². The summed E-state index contributed by atoms with van der Waals surface area (Å²) in [7, 11) is 1.62. The van der Waals surface area contributed by atoms with Gasteiger partial charge in [0.2, 0.25) is 5.91 Å². The van der Waals surface area contributed by atoms with Crippen molar-refractivity contribution < 1.29 is 14.6 Å². The van der Waals surface area contributed by atoms with Crippen LogP contribution in [0.2, 0.25) is 0 Å². The molecule has 3 aromatic rings. The molecule has 0 saturated heterocycles. The van der Waals surface area contributed by atoms with E-state index < -0.39 is 5.60 Å². The van der Waals surface area contributed by atoms with Gasteiger partial charge in [-0.25, -0.2) is 0 Å². The molecule has 0 saturated carbocycles. The summed E-state index contributed by atoms with van der Waals surface area (Å²) >= 11 is 0. The highest BCUT2D eigenvalue weighted by Crippen LogP contribution is 2.20. The number of carbonyl (C=O) groups excluding carboxylic acids is 1. The van der Waals surface area contributed by atoms with Crippen LogP contribution in [0.1, 0.15) is 18.1 Å². The highest BCUT2D eigenvalue weighted by Gasteiger charge is 2.22. The van der Waals surface area contributed by atoms with Crippen molar-refractivity contribution in [2.75, 3.05) is 13.7 Å².